The molecule has 3 aromatic rings. The lowest BCUT2D eigenvalue weighted by Gasteiger charge is -2.33. The first-order valence-corrected chi connectivity index (χ1v) is 12.4. The van der Waals surface area contributed by atoms with Crippen LogP contribution in [0.2, 0.25) is 0 Å². The molecule has 0 unspecified atom stereocenters. The fourth-order valence-electron chi connectivity index (χ4n) is 4.92. The Morgan fingerprint density at radius 1 is 1.06 bits per heavy atom. The predicted octanol–water partition coefficient (Wildman–Crippen LogP) is 4.30. The van der Waals surface area contributed by atoms with Gasteiger partial charge in [0.15, 0.2) is 0 Å². The van der Waals surface area contributed by atoms with E-state index in [4.69, 9.17) is 10.7 Å². The van der Waals surface area contributed by atoms with Gasteiger partial charge in [0, 0.05) is 43.9 Å². The maximum absolute atomic E-state index is 13.9. The van der Waals surface area contributed by atoms with Crippen LogP contribution in [0, 0.1) is 5.82 Å². The molecule has 0 spiro atoms. The molecule has 4 heterocycles. The molecule has 2 saturated heterocycles. The number of piperidine rings is 1. The Labute approximate surface area is 202 Å². The fourth-order valence-corrected chi connectivity index (χ4v) is 5.38. The highest BCUT2D eigenvalue weighted by molar-refractivity contribution is 9.10. The van der Waals surface area contributed by atoms with E-state index >= 15 is 0 Å². The van der Waals surface area contributed by atoms with Gasteiger partial charge in [0.05, 0.1) is 5.69 Å². The molecule has 0 radical (unpaired) electrons. The monoisotopic (exact) mass is 513 g/mol. The van der Waals surface area contributed by atoms with E-state index < -0.39 is 0 Å². The van der Waals surface area contributed by atoms with E-state index in [1.807, 2.05) is 6.07 Å². The second-order valence-corrected chi connectivity index (χ2v) is 9.69. The highest BCUT2D eigenvalue weighted by Gasteiger charge is 2.27. The van der Waals surface area contributed by atoms with E-state index in [0.29, 0.717) is 11.7 Å². The van der Waals surface area contributed by atoms with Crippen molar-refractivity contribution >= 4 is 27.6 Å². The third kappa shape index (κ3) is 4.89. The number of halogens is 2. The topological polar surface area (TPSA) is 76.1 Å². The molecule has 0 atom stereocenters. The zero-order valence-electron chi connectivity index (χ0n) is 18.6. The Morgan fingerprint density at radius 2 is 1.85 bits per heavy atom. The van der Waals surface area contributed by atoms with Crippen LogP contribution >= 0.6 is 15.9 Å². The average Bonchev–Trinajstić information content (AvgIpc) is 3.50. The van der Waals surface area contributed by atoms with Crippen LogP contribution in [0.4, 0.5) is 16.0 Å². The standard InChI is InChI=1S/C24H29BrFN7/c25-21-22(27)28-16-29-24(21)32-10-6-17(7-11-32)23-30-20(18-4-3-5-19(26)14-18)15-33(23)13-12-31-8-1-2-9-31/h3-5,14-17H,1-2,6-13H2,(H2,27,28,29). The van der Waals surface area contributed by atoms with Crippen molar-refractivity contribution in [3.05, 3.63) is 52.9 Å². The maximum atomic E-state index is 13.9. The van der Waals surface area contributed by atoms with Crippen molar-refractivity contribution in [3.63, 3.8) is 0 Å². The third-order valence-corrected chi connectivity index (χ3v) is 7.50. The van der Waals surface area contributed by atoms with Gasteiger partial charge >= 0.3 is 0 Å². The molecular weight excluding hydrogens is 485 g/mol. The van der Waals surface area contributed by atoms with E-state index in [9.17, 15) is 4.39 Å². The van der Waals surface area contributed by atoms with Gasteiger partial charge in [-0.2, -0.15) is 0 Å². The van der Waals surface area contributed by atoms with Crippen molar-refractivity contribution in [2.45, 2.75) is 38.1 Å². The molecule has 2 aromatic heterocycles. The van der Waals surface area contributed by atoms with Crippen molar-refractivity contribution in [3.8, 4) is 11.3 Å². The summed E-state index contributed by atoms with van der Waals surface area (Å²) in [6.07, 6.45) is 8.13. The van der Waals surface area contributed by atoms with Crippen molar-refractivity contribution in [1.29, 1.82) is 0 Å². The normalized spacial score (nSPS) is 17.7. The molecule has 2 aliphatic rings. The molecule has 2 fully saturated rings. The largest absolute Gasteiger partial charge is 0.383 e. The summed E-state index contributed by atoms with van der Waals surface area (Å²) < 4.78 is 16.9. The van der Waals surface area contributed by atoms with Gasteiger partial charge in [0.1, 0.15) is 34.1 Å². The maximum Gasteiger partial charge on any atom is 0.148 e. The smallest absolute Gasteiger partial charge is 0.148 e. The summed E-state index contributed by atoms with van der Waals surface area (Å²) in [4.78, 5) is 18.3. The van der Waals surface area contributed by atoms with E-state index in [-0.39, 0.29) is 5.82 Å². The molecule has 2 aliphatic heterocycles. The molecule has 2 N–H and O–H groups in total. The van der Waals surface area contributed by atoms with Gasteiger partial charge in [0.2, 0.25) is 0 Å². The SMILES string of the molecule is Nc1ncnc(N2CCC(c3nc(-c4cccc(F)c4)cn3CCN3CCCC3)CC2)c1Br. The van der Waals surface area contributed by atoms with E-state index in [0.717, 1.165) is 66.4 Å². The van der Waals surface area contributed by atoms with Crippen molar-refractivity contribution in [1.82, 2.24) is 24.4 Å². The second kappa shape index (κ2) is 9.77. The van der Waals surface area contributed by atoms with Gasteiger partial charge < -0.3 is 20.1 Å². The number of aromatic nitrogens is 4. The van der Waals surface area contributed by atoms with E-state index in [1.54, 1.807) is 12.1 Å². The Balaban J connectivity index is 1.36. The highest BCUT2D eigenvalue weighted by atomic mass is 79.9. The summed E-state index contributed by atoms with van der Waals surface area (Å²) in [5.74, 6) is 2.52. The number of nitrogen functional groups attached to an aromatic ring is 1. The van der Waals surface area contributed by atoms with Crippen LogP contribution in [0.3, 0.4) is 0 Å². The number of hydrogen-bond acceptors (Lipinski definition) is 6. The van der Waals surface area contributed by atoms with Crippen molar-refractivity contribution in [2.24, 2.45) is 0 Å². The minimum atomic E-state index is -0.233. The number of anilines is 2. The van der Waals surface area contributed by atoms with E-state index in [1.165, 1.54) is 38.3 Å². The molecule has 0 amide bonds. The Bertz CT molecular complexity index is 1100. The zero-order valence-corrected chi connectivity index (χ0v) is 20.2. The number of rotatable bonds is 6. The molecule has 7 nitrogen and oxygen atoms in total. The van der Waals surface area contributed by atoms with Crippen LogP contribution in [-0.4, -0.2) is 57.1 Å². The fraction of sp³-hybridized carbons (Fsp3) is 0.458. The molecule has 1 aromatic carbocycles. The van der Waals surface area contributed by atoms with Gasteiger partial charge in [-0.1, -0.05) is 12.1 Å². The number of benzene rings is 1. The van der Waals surface area contributed by atoms with Crippen LogP contribution in [0.25, 0.3) is 11.3 Å². The minimum absolute atomic E-state index is 0.233. The average molecular weight is 514 g/mol. The lowest BCUT2D eigenvalue weighted by Crippen LogP contribution is -2.35. The molecule has 9 heteroatoms. The van der Waals surface area contributed by atoms with Crippen LogP contribution in [0.1, 0.15) is 37.4 Å². The van der Waals surface area contributed by atoms with Gasteiger partial charge in [-0.15, -0.1) is 0 Å². The van der Waals surface area contributed by atoms with Crippen LogP contribution in [-0.2, 0) is 6.54 Å². The zero-order chi connectivity index (χ0) is 22.8. The van der Waals surface area contributed by atoms with E-state index in [2.05, 4.69) is 46.5 Å². The second-order valence-electron chi connectivity index (χ2n) is 8.89. The van der Waals surface area contributed by atoms with Crippen LogP contribution < -0.4 is 10.6 Å². The number of nitrogens with two attached hydrogens (primary N) is 1. The van der Waals surface area contributed by atoms with Gasteiger partial charge in [-0.3, -0.25) is 0 Å². The Morgan fingerprint density at radius 3 is 2.61 bits per heavy atom. The summed E-state index contributed by atoms with van der Waals surface area (Å²) in [6, 6.07) is 6.72. The molecule has 0 saturated carbocycles. The molecular formula is C24H29BrFN7. The highest BCUT2D eigenvalue weighted by Crippen LogP contribution is 2.34. The lowest BCUT2D eigenvalue weighted by molar-refractivity contribution is 0.317. The molecule has 0 bridgehead atoms. The first-order valence-electron chi connectivity index (χ1n) is 11.6. The first-order chi connectivity index (χ1) is 16.1. The Kier molecular flexibility index (Phi) is 6.59. The third-order valence-electron chi connectivity index (χ3n) is 6.74. The number of likely N-dealkylation sites (tertiary alicyclic amines) is 1. The molecule has 0 aliphatic carbocycles. The quantitative estimate of drug-likeness (QED) is 0.529. The van der Waals surface area contributed by atoms with Gasteiger partial charge in [0.25, 0.3) is 0 Å². The number of hydrogen-bond donors (Lipinski definition) is 1. The predicted molar refractivity (Wildman–Crippen MR) is 132 cm³/mol. The number of imidazole rings is 1. The minimum Gasteiger partial charge on any atom is -0.383 e. The van der Waals surface area contributed by atoms with Crippen LogP contribution in [0.5, 0.6) is 0 Å². The van der Waals surface area contributed by atoms with Crippen molar-refractivity contribution in [2.75, 3.05) is 43.4 Å². The van der Waals surface area contributed by atoms with Gasteiger partial charge in [-0.05, 0) is 66.8 Å². The summed E-state index contributed by atoms with van der Waals surface area (Å²) >= 11 is 3.53. The summed E-state index contributed by atoms with van der Waals surface area (Å²) in [6.45, 7) is 6.03. The summed E-state index contributed by atoms with van der Waals surface area (Å²) in [5, 5.41) is 0. The number of nitrogens with zero attached hydrogens (tertiary/aromatic N) is 6. The van der Waals surface area contributed by atoms with Crippen molar-refractivity contribution < 1.29 is 4.39 Å². The molecule has 5 rings (SSSR count). The first kappa shape index (κ1) is 22.3. The Hall–Kier alpha value is -2.52. The van der Waals surface area contributed by atoms with Crippen LogP contribution in [0.15, 0.2) is 41.3 Å². The summed E-state index contributed by atoms with van der Waals surface area (Å²) in [7, 11) is 0. The molecule has 33 heavy (non-hydrogen) atoms. The lowest BCUT2D eigenvalue weighted by atomic mass is 9.96. The molecule has 174 valence electrons. The van der Waals surface area contributed by atoms with Gasteiger partial charge in [-0.25, -0.2) is 19.3 Å². The summed E-state index contributed by atoms with van der Waals surface area (Å²) in [5.41, 5.74) is 7.63.